The van der Waals surface area contributed by atoms with Crippen LogP contribution in [-0.2, 0) is 31.1 Å². The van der Waals surface area contributed by atoms with Gasteiger partial charge in [0, 0.05) is 46.3 Å². The van der Waals surface area contributed by atoms with Gasteiger partial charge < -0.3 is 4.90 Å². The Kier molecular flexibility index (Phi) is 7.10. The molecular weight excluding hydrogens is 578 g/mol. The fourth-order valence-electron chi connectivity index (χ4n) is 5.43. The molecule has 3 aromatic rings. The Hall–Kier alpha value is -1.76. The SMILES string of the molecule is C[n+]1ccc(CC(=O)N2CCC(C3c4ccc(Cl)c(Br)c4CCc4cc(Br)cnc43)CC2)cc1. The van der Waals surface area contributed by atoms with E-state index in [1.54, 1.807) is 0 Å². The number of hydrogen-bond donors (Lipinski definition) is 0. The monoisotopic (exact) mass is 602 g/mol. The molecule has 1 atom stereocenters. The number of carbonyl (C=O) groups excluding carboxylic acids is 1. The maximum atomic E-state index is 13.0. The van der Waals surface area contributed by atoms with Crippen LogP contribution in [-0.4, -0.2) is 28.9 Å². The van der Waals surface area contributed by atoms with E-state index in [2.05, 4.69) is 44.0 Å². The summed E-state index contributed by atoms with van der Waals surface area (Å²) in [5, 5.41) is 0.757. The molecule has 5 rings (SSSR count). The van der Waals surface area contributed by atoms with Gasteiger partial charge in [-0.15, -0.1) is 0 Å². The molecule has 1 unspecified atom stereocenters. The molecule has 0 radical (unpaired) electrons. The smallest absolute Gasteiger partial charge is 0.226 e. The van der Waals surface area contributed by atoms with E-state index in [9.17, 15) is 4.79 Å². The van der Waals surface area contributed by atoms with Gasteiger partial charge >= 0.3 is 0 Å². The largest absolute Gasteiger partial charge is 0.342 e. The Morgan fingerprint density at radius 2 is 1.88 bits per heavy atom. The van der Waals surface area contributed by atoms with Crippen LogP contribution in [0.4, 0.5) is 0 Å². The third-order valence-electron chi connectivity index (χ3n) is 7.24. The highest BCUT2D eigenvalue weighted by molar-refractivity contribution is 9.10. The van der Waals surface area contributed by atoms with Gasteiger partial charge in [0.2, 0.25) is 5.91 Å². The molecule has 0 N–H and O–H groups in total. The lowest BCUT2D eigenvalue weighted by molar-refractivity contribution is -0.671. The second kappa shape index (κ2) is 10.1. The number of halogens is 3. The van der Waals surface area contributed by atoms with Crippen molar-refractivity contribution < 1.29 is 9.36 Å². The van der Waals surface area contributed by atoms with Gasteiger partial charge in [0.15, 0.2) is 12.4 Å². The van der Waals surface area contributed by atoms with Crippen molar-refractivity contribution in [2.24, 2.45) is 13.0 Å². The summed E-state index contributed by atoms with van der Waals surface area (Å²) < 4.78 is 4.01. The number of aryl methyl sites for hydroxylation is 2. The predicted octanol–water partition coefficient (Wildman–Crippen LogP) is 5.80. The highest BCUT2D eigenvalue weighted by Gasteiger charge is 2.35. The number of nitrogens with zero attached hydrogens (tertiary/aromatic N) is 3. The van der Waals surface area contributed by atoms with Crippen LogP contribution in [0, 0.1) is 5.92 Å². The second-order valence-electron chi connectivity index (χ2n) is 9.37. The fraction of sp³-hybridized carbons (Fsp3) is 0.370. The lowest BCUT2D eigenvalue weighted by Gasteiger charge is -2.37. The van der Waals surface area contributed by atoms with Crippen LogP contribution in [0.15, 0.2) is 57.9 Å². The Balaban J connectivity index is 1.39. The number of carbonyl (C=O) groups is 1. The van der Waals surface area contributed by atoms with Crippen LogP contribution >= 0.6 is 43.5 Å². The zero-order chi connectivity index (χ0) is 23.8. The first kappa shape index (κ1) is 24.0. The molecule has 1 aromatic carbocycles. The summed E-state index contributed by atoms with van der Waals surface area (Å²) in [4.78, 5) is 19.9. The second-order valence-corrected chi connectivity index (χ2v) is 11.5. The minimum Gasteiger partial charge on any atom is -0.342 e. The van der Waals surface area contributed by atoms with Gasteiger partial charge in [0.05, 0.1) is 17.1 Å². The summed E-state index contributed by atoms with van der Waals surface area (Å²) in [5.41, 5.74) is 6.16. The normalized spacial score (nSPS) is 18.2. The number of fused-ring (bicyclic) bond motifs is 2. The predicted molar refractivity (Wildman–Crippen MR) is 141 cm³/mol. The molecule has 1 aliphatic heterocycles. The Bertz CT molecular complexity index is 1220. The van der Waals surface area contributed by atoms with Crippen molar-refractivity contribution in [1.82, 2.24) is 9.88 Å². The minimum absolute atomic E-state index is 0.209. The van der Waals surface area contributed by atoms with Crippen molar-refractivity contribution in [3.8, 4) is 0 Å². The molecule has 1 fully saturated rings. The third-order valence-corrected chi connectivity index (χ3v) is 9.12. The molecule has 0 saturated carbocycles. The topological polar surface area (TPSA) is 37.1 Å². The van der Waals surface area contributed by atoms with E-state index in [-0.39, 0.29) is 11.8 Å². The first-order valence-electron chi connectivity index (χ1n) is 11.7. The molecule has 2 aromatic heterocycles. The molecule has 2 aliphatic rings. The van der Waals surface area contributed by atoms with E-state index >= 15 is 0 Å². The van der Waals surface area contributed by atoms with Crippen molar-refractivity contribution in [2.75, 3.05) is 13.1 Å². The number of pyridine rings is 2. The average molecular weight is 605 g/mol. The van der Waals surface area contributed by atoms with Crippen LogP contribution in [0.3, 0.4) is 0 Å². The molecule has 0 bridgehead atoms. The molecule has 176 valence electrons. The maximum absolute atomic E-state index is 13.0. The summed E-state index contributed by atoms with van der Waals surface area (Å²) in [6, 6.07) is 10.5. The van der Waals surface area contributed by atoms with E-state index in [0.29, 0.717) is 12.3 Å². The number of hydrogen-bond acceptors (Lipinski definition) is 2. The standard InChI is InChI=1S/C27H27Br2ClN3O/c1-32-10-6-17(7-11-32)14-24(34)33-12-8-18(9-13-33)25-21-4-5-23(30)26(29)22(21)3-2-19-15-20(28)16-31-27(19)25/h4-7,10-11,15-16,18,25H,2-3,8-9,12-14H2,1H3/q+1. The summed E-state index contributed by atoms with van der Waals surface area (Å²) in [5.74, 6) is 0.850. The summed E-state index contributed by atoms with van der Waals surface area (Å²) in [6.45, 7) is 1.58. The molecule has 34 heavy (non-hydrogen) atoms. The van der Waals surface area contributed by atoms with Crippen molar-refractivity contribution in [2.45, 2.75) is 38.0 Å². The minimum atomic E-state index is 0.209. The molecule has 1 saturated heterocycles. The summed E-state index contributed by atoms with van der Waals surface area (Å²) >= 11 is 13.9. The van der Waals surface area contributed by atoms with Gasteiger partial charge in [0.1, 0.15) is 7.05 Å². The quantitative estimate of drug-likeness (QED) is 0.355. The number of benzene rings is 1. The molecule has 3 heterocycles. The number of piperidine rings is 1. The van der Waals surface area contributed by atoms with Crippen molar-refractivity contribution >= 4 is 49.4 Å². The van der Waals surface area contributed by atoms with E-state index in [1.165, 1.54) is 22.4 Å². The van der Waals surface area contributed by atoms with Gasteiger partial charge in [-0.05, 0) is 97.8 Å². The van der Waals surface area contributed by atoms with Crippen LogP contribution in [0.1, 0.15) is 46.7 Å². The van der Waals surface area contributed by atoms with Gasteiger partial charge in [-0.1, -0.05) is 17.7 Å². The first-order chi connectivity index (χ1) is 16.4. The molecule has 0 spiro atoms. The first-order valence-corrected chi connectivity index (χ1v) is 13.7. The Morgan fingerprint density at radius 3 is 2.62 bits per heavy atom. The van der Waals surface area contributed by atoms with E-state index in [1.807, 2.05) is 53.3 Å². The van der Waals surface area contributed by atoms with E-state index < -0.39 is 0 Å². The van der Waals surface area contributed by atoms with Gasteiger partial charge in [0.25, 0.3) is 0 Å². The van der Waals surface area contributed by atoms with E-state index in [4.69, 9.17) is 16.6 Å². The molecule has 1 amide bonds. The van der Waals surface area contributed by atoms with Crippen molar-refractivity contribution in [3.63, 3.8) is 0 Å². The van der Waals surface area contributed by atoms with Crippen LogP contribution in [0.25, 0.3) is 0 Å². The Morgan fingerprint density at radius 1 is 1.15 bits per heavy atom. The van der Waals surface area contributed by atoms with Gasteiger partial charge in [-0.2, -0.15) is 0 Å². The molecule has 4 nitrogen and oxygen atoms in total. The number of rotatable bonds is 3. The highest BCUT2D eigenvalue weighted by atomic mass is 79.9. The molecule has 7 heteroatoms. The zero-order valence-corrected chi connectivity index (χ0v) is 23.0. The lowest BCUT2D eigenvalue weighted by atomic mass is 9.76. The van der Waals surface area contributed by atoms with Crippen molar-refractivity contribution in [1.29, 1.82) is 0 Å². The van der Waals surface area contributed by atoms with E-state index in [0.717, 1.165) is 58.3 Å². The molecular formula is C27H27Br2ClN3O+. The number of aromatic nitrogens is 2. The number of amides is 1. The lowest BCUT2D eigenvalue weighted by Crippen LogP contribution is -2.41. The zero-order valence-electron chi connectivity index (χ0n) is 19.1. The summed E-state index contributed by atoms with van der Waals surface area (Å²) in [6.07, 6.45) is 10.2. The van der Waals surface area contributed by atoms with Crippen LogP contribution in [0.2, 0.25) is 5.02 Å². The summed E-state index contributed by atoms with van der Waals surface area (Å²) in [7, 11) is 1.99. The van der Waals surface area contributed by atoms with Crippen LogP contribution in [0.5, 0.6) is 0 Å². The van der Waals surface area contributed by atoms with Crippen molar-refractivity contribution in [3.05, 3.63) is 90.8 Å². The third kappa shape index (κ3) is 4.82. The highest BCUT2D eigenvalue weighted by Crippen LogP contribution is 2.45. The fourth-order valence-corrected chi connectivity index (χ4v) is 6.54. The van der Waals surface area contributed by atoms with Gasteiger partial charge in [-0.3, -0.25) is 9.78 Å². The van der Waals surface area contributed by atoms with Gasteiger partial charge in [-0.25, -0.2) is 4.57 Å². The molecule has 1 aliphatic carbocycles. The average Bonchev–Trinajstić information content (AvgIpc) is 3.00. The maximum Gasteiger partial charge on any atom is 0.226 e. The van der Waals surface area contributed by atoms with Crippen LogP contribution < -0.4 is 4.57 Å². The Labute approximate surface area is 222 Å². The number of likely N-dealkylation sites (tertiary alicyclic amines) is 1.